The minimum Gasteiger partial charge on any atom is -0.481 e. The zero-order valence-corrected chi connectivity index (χ0v) is 13.1. The molecule has 0 aliphatic carbocycles. The summed E-state index contributed by atoms with van der Waals surface area (Å²) in [5, 5.41) is 9.58. The van der Waals surface area contributed by atoms with Crippen molar-refractivity contribution in [3.63, 3.8) is 0 Å². The predicted molar refractivity (Wildman–Crippen MR) is 85.9 cm³/mol. The summed E-state index contributed by atoms with van der Waals surface area (Å²) in [5.41, 5.74) is 0.656. The van der Waals surface area contributed by atoms with Crippen LogP contribution in [0.4, 0.5) is 0 Å². The molecule has 0 saturated heterocycles. The number of carboxylic acids is 1. The Balaban J connectivity index is 2.53. The summed E-state index contributed by atoms with van der Waals surface area (Å²) < 4.78 is 4.78. The Morgan fingerprint density at radius 1 is 1.18 bits per heavy atom. The van der Waals surface area contributed by atoms with Crippen molar-refractivity contribution in [2.75, 3.05) is 7.11 Å². The van der Waals surface area contributed by atoms with Crippen LogP contribution in [0.2, 0.25) is 0 Å². The molecule has 114 valence electrons. The van der Waals surface area contributed by atoms with Gasteiger partial charge in [0.2, 0.25) is 0 Å². The van der Waals surface area contributed by atoms with Gasteiger partial charge in [-0.1, -0.05) is 30.3 Å². The second-order valence-electron chi connectivity index (χ2n) is 4.72. The number of ether oxygens (including phenoxy) is 1. The zero-order chi connectivity index (χ0) is 16.1. The Morgan fingerprint density at radius 3 is 2.36 bits per heavy atom. The molecule has 4 nitrogen and oxygen atoms in total. The van der Waals surface area contributed by atoms with Crippen LogP contribution in [0.5, 0.6) is 0 Å². The van der Waals surface area contributed by atoms with E-state index in [1.807, 2.05) is 19.1 Å². The van der Waals surface area contributed by atoms with Gasteiger partial charge in [0.15, 0.2) is 0 Å². The SMILES string of the molecule is COC(=O)/C(=C/c1ccc(C)s1)C(C(=O)O)c1ccccc1. The van der Waals surface area contributed by atoms with E-state index in [9.17, 15) is 14.7 Å². The van der Waals surface area contributed by atoms with Crippen molar-refractivity contribution < 1.29 is 19.4 Å². The molecule has 1 aromatic carbocycles. The fourth-order valence-electron chi connectivity index (χ4n) is 2.16. The smallest absolute Gasteiger partial charge is 0.335 e. The summed E-state index contributed by atoms with van der Waals surface area (Å²) in [5.74, 6) is -2.78. The van der Waals surface area contributed by atoms with Crippen LogP contribution in [0.1, 0.15) is 21.2 Å². The first-order valence-electron chi connectivity index (χ1n) is 6.67. The highest BCUT2D eigenvalue weighted by atomic mass is 32.1. The second kappa shape index (κ2) is 7.04. The minimum atomic E-state index is -1.09. The molecular weight excluding hydrogens is 300 g/mol. The third-order valence-corrected chi connectivity index (χ3v) is 4.12. The zero-order valence-electron chi connectivity index (χ0n) is 12.3. The number of aryl methyl sites for hydroxylation is 1. The average molecular weight is 316 g/mol. The monoisotopic (exact) mass is 316 g/mol. The van der Waals surface area contributed by atoms with E-state index in [0.29, 0.717) is 5.56 Å². The molecule has 0 aliphatic rings. The van der Waals surface area contributed by atoms with Crippen LogP contribution in [0, 0.1) is 6.92 Å². The fraction of sp³-hybridized carbons (Fsp3) is 0.176. The van der Waals surface area contributed by atoms with Crippen LogP contribution in [-0.4, -0.2) is 24.2 Å². The molecule has 0 spiro atoms. The largest absolute Gasteiger partial charge is 0.481 e. The van der Waals surface area contributed by atoms with Crippen molar-refractivity contribution in [2.45, 2.75) is 12.8 Å². The van der Waals surface area contributed by atoms with E-state index in [1.54, 1.807) is 36.4 Å². The molecule has 0 radical (unpaired) electrons. The Kier molecular flexibility index (Phi) is 5.12. The highest BCUT2D eigenvalue weighted by molar-refractivity contribution is 7.12. The van der Waals surface area contributed by atoms with E-state index in [2.05, 4.69) is 0 Å². The standard InChI is InChI=1S/C17H16O4S/c1-11-8-9-13(22-11)10-14(17(20)21-2)15(16(18)19)12-6-4-3-5-7-12/h3-10,15H,1-2H3,(H,18,19)/b14-10+. The molecule has 2 rings (SSSR count). The molecule has 1 heterocycles. The molecule has 0 amide bonds. The van der Waals surface area contributed by atoms with Crippen LogP contribution in [-0.2, 0) is 14.3 Å². The number of methoxy groups -OCH3 is 1. The van der Waals surface area contributed by atoms with Gasteiger partial charge in [0.05, 0.1) is 12.7 Å². The van der Waals surface area contributed by atoms with Gasteiger partial charge in [-0.15, -0.1) is 11.3 Å². The van der Waals surface area contributed by atoms with Gasteiger partial charge in [0, 0.05) is 9.75 Å². The van der Waals surface area contributed by atoms with Gasteiger partial charge in [0.1, 0.15) is 5.92 Å². The number of rotatable bonds is 5. The van der Waals surface area contributed by atoms with Crippen LogP contribution < -0.4 is 0 Å². The average Bonchev–Trinajstić information content (AvgIpc) is 2.92. The molecule has 0 aliphatic heterocycles. The van der Waals surface area contributed by atoms with Crippen LogP contribution in [0.3, 0.4) is 0 Å². The molecule has 2 aromatic rings. The molecule has 1 unspecified atom stereocenters. The summed E-state index contributed by atoms with van der Waals surface area (Å²) in [6.07, 6.45) is 1.59. The number of carboxylic acid groups (broad SMARTS) is 1. The number of thiophene rings is 1. The highest BCUT2D eigenvalue weighted by Gasteiger charge is 2.30. The molecule has 5 heteroatoms. The van der Waals surface area contributed by atoms with E-state index < -0.39 is 17.9 Å². The molecule has 22 heavy (non-hydrogen) atoms. The molecule has 1 N–H and O–H groups in total. The number of hydrogen-bond acceptors (Lipinski definition) is 4. The Hall–Kier alpha value is -2.40. The normalized spacial score (nSPS) is 12.7. The van der Waals surface area contributed by atoms with Gasteiger partial charge >= 0.3 is 11.9 Å². The maximum Gasteiger partial charge on any atom is 0.335 e. The molecule has 0 fully saturated rings. The van der Waals surface area contributed by atoms with Gasteiger partial charge in [-0.3, -0.25) is 4.79 Å². The lowest BCUT2D eigenvalue weighted by atomic mass is 9.90. The summed E-state index contributed by atoms with van der Waals surface area (Å²) in [6, 6.07) is 12.4. The van der Waals surface area contributed by atoms with Gasteiger partial charge < -0.3 is 9.84 Å². The number of esters is 1. The van der Waals surface area contributed by atoms with Gasteiger partial charge in [-0.05, 0) is 30.7 Å². The summed E-state index contributed by atoms with van der Waals surface area (Å²) in [7, 11) is 1.25. The quantitative estimate of drug-likeness (QED) is 0.677. The summed E-state index contributed by atoms with van der Waals surface area (Å²) in [4.78, 5) is 25.7. The first-order valence-corrected chi connectivity index (χ1v) is 7.48. The topological polar surface area (TPSA) is 63.6 Å². The number of aliphatic carboxylic acids is 1. The fourth-order valence-corrected chi connectivity index (χ4v) is 2.99. The maximum absolute atomic E-state index is 12.1. The molecule has 1 aromatic heterocycles. The Morgan fingerprint density at radius 2 is 1.86 bits per heavy atom. The molecule has 0 bridgehead atoms. The van der Waals surface area contributed by atoms with Gasteiger partial charge in [0.25, 0.3) is 0 Å². The second-order valence-corrected chi connectivity index (χ2v) is 6.04. The van der Waals surface area contributed by atoms with Crippen LogP contribution in [0.25, 0.3) is 6.08 Å². The van der Waals surface area contributed by atoms with E-state index in [4.69, 9.17) is 4.74 Å². The number of benzene rings is 1. The first kappa shape index (κ1) is 16.0. The van der Waals surface area contributed by atoms with Crippen molar-refractivity contribution in [2.24, 2.45) is 0 Å². The Bertz CT molecular complexity index is 700. The highest BCUT2D eigenvalue weighted by Crippen LogP contribution is 2.29. The number of hydrogen-bond donors (Lipinski definition) is 1. The van der Waals surface area contributed by atoms with Gasteiger partial charge in [-0.2, -0.15) is 0 Å². The third-order valence-electron chi connectivity index (χ3n) is 3.17. The van der Waals surface area contributed by atoms with Crippen molar-refractivity contribution >= 4 is 29.4 Å². The molecule has 1 atom stereocenters. The molecular formula is C17H16O4S. The van der Waals surface area contributed by atoms with Crippen LogP contribution >= 0.6 is 11.3 Å². The van der Waals surface area contributed by atoms with Crippen molar-refractivity contribution in [1.29, 1.82) is 0 Å². The van der Waals surface area contributed by atoms with E-state index in [1.165, 1.54) is 18.4 Å². The third kappa shape index (κ3) is 3.62. The number of carbonyl (C=O) groups is 2. The maximum atomic E-state index is 12.1. The van der Waals surface area contributed by atoms with E-state index >= 15 is 0 Å². The lowest BCUT2D eigenvalue weighted by Gasteiger charge is -2.15. The molecule has 0 saturated carbocycles. The lowest BCUT2D eigenvalue weighted by Crippen LogP contribution is -2.20. The van der Waals surface area contributed by atoms with Crippen molar-refractivity contribution in [3.8, 4) is 0 Å². The van der Waals surface area contributed by atoms with E-state index in [0.717, 1.165) is 9.75 Å². The lowest BCUT2D eigenvalue weighted by molar-refractivity contribution is -0.142. The van der Waals surface area contributed by atoms with Crippen LogP contribution in [0.15, 0.2) is 48.0 Å². The summed E-state index contributed by atoms with van der Waals surface area (Å²) >= 11 is 1.49. The van der Waals surface area contributed by atoms with Crippen molar-refractivity contribution in [1.82, 2.24) is 0 Å². The van der Waals surface area contributed by atoms with E-state index in [-0.39, 0.29) is 5.57 Å². The summed E-state index contributed by atoms with van der Waals surface area (Å²) in [6.45, 7) is 1.95. The van der Waals surface area contributed by atoms with Gasteiger partial charge in [-0.25, -0.2) is 4.79 Å². The Labute approximate surface area is 132 Å². The number of carbonyl (C=O) groups excluding carboxylic acids is 1. The first-order chi connectivity index (χ1) is 10.5. The minimum absolute atomic E-state index is 0.114. The van der Waals surface area contributed by atoms with Crippen molar-refractivity contribution in [3.05, 3.63) is 63.4 Å². The predicted octanol–water partition coefficient (Wildman–Crippen LogP) is 3.48.